The third kappa shape index (κ3) is 6.55. The lowest BCUT2D eigenvalue weighted by atomic mass is 10.1. The first-order chi connectivity index (χ1) is 9.30. The van der Waals surface area contributed by atoms with E-state index in [4.69, 9.17) is 21.6 Å². The van der Waals surface area contributed by atoms with Gasteiger partial charge in [-0.3, -0.25) is 4.79 Å². The molecule has 4 nitrogen and oxygen atoms in total. The average molecular weight is 295 g/mol. The summed E-state index contributed by atoms with van der Waals surface area (Å²) in [5, 5.41) is 12.4. The van der Waals surface area contributed by atoms with Crippen molar-refractivity contribution in [3.63, 3.8) is 0 Å². The smallest absolute Gasteiger partial charge is 0.320 e. The maximum Gasteiger partial charge on any atom is 0.320 e. The number of nitriles is 1. The number of carbonyl (C=O) groups is 1. The summed E-state index contributed by atoms with van der Waals surface area (Å²) in [7, 11) is 0. The highest BCUT2D eigenvalue weighted by Crippen LogP contribution is 2.14. The molecule has 0 bridgehead atoms. The normalized spacial score (nSPS) is 10.9. The zero-order chi connectivity index (χ0) is 15.2. The number of nitrogens with one attached hydrogen (secondary N) is 1. The molecule has 0 radical (unpaired) electrons. The summed E-state index contributed by atoms with van der Waals surface area (Å²) < 4.78 is 5.18. The number of ether oxygens (including phenoxy) is 1. The first-order valence-corrected chi connectivity index (χ1v) is 6.80. The molecule has 0 aromatic heterocycles. The summed E-state index contributed by atoms with van der Waals surface area (Å²) in [5.74, 6) is -0.277. The number of esters is 1. The van der Waals surface area contributed by atoms with Crippen molar-refractivity contribution >= 4 is 17.6 Å². The van der Waals surface area contributed by atoms with Crippen molar-refractivity contribution in [2.24, 2.45) is 0 Å². The summed E-state index contributed by atoms with van der Waals surface area (Å²) in [6, 6.07) is 7.30. The molecule has 0 atom stereocenters. The lowest BCUT2D eigenvalue weighted by Gasteiger charge is -2.19. The fourth-order valence-corrected chi connectivity index (χ4v) is 1.92. The molecule has 0 unspecified atom stereocenters. The number of rotatable bonds is 5. The van der Waals surface area contributed by atoms with E-state index in [9.17, 15) is 4.79 Å². The molecule has 0 aliphatic heterocycles. The number of hydrogen-bond donors (Lipinski definition) is 1. The molecular weight excluding hydrogens is 276 g/mol. The minimum absolute atomic E-state index is 0.170. The van der Waals surface area contributed by atoms with Gasteiger partial charge in [0.05, 0.1) is 18.2 Å². The first kappa shape index (κ1) is 16.5. The largest absolute Gasteiger partial charge is 0.459 e. The van der Waals surface area contributed by atoms with Crippen LogP contribution in [-0.4, -0.2) is 24.7 Å². The van der Waals surface area contributed by atoms with Crippen LogP contribution in [-0.2, 0) is 16.0 Å². The van der Waals surface area contributed by atoms with E-state index in [1.54, 1.807) is 12.1 Å². The fourth-order valence-electron chi connectivity index (χ4n) is 1.66. The second-order valence-corrected chi connectivity index (χ2v) is 5.91. The van der Waals surface area contributed by atoms with Gasteiger partial charge in [-0.25, -0.2) is 0 Å². The number of hydrogen-bond acceptors (Lipinski definition) is 4. The van der Waals surface area contributed by atoms with Crippen LogP contribution in [0, 0.1) is 11.3 Å². The molecule has 5 heteroatoms. The Bertz CT molecular complexity index is 516. The summed E-state index contributed by atoms with van der Waals surface area (Å²) >= 11 is 5.92. The van der Waals surface area contributed by atoms with Crippen LogP contribution in [0.1, 0.15) is 31.9 Å². The van der Waals surface area contributed by atoms with E-state index in [0.29, 0.717) is 23.6 Å². The number of nitrogens with zero attached hydrogens (tertiary/aromatic N) is 1. The Labute approximate surface area is 124 Å². The van der Waals surface area contributed by atoms with Crippen molar-refractivity contribution < 1.29 is 9.53 Å². The molecule has 1 aromatic rings. The third-order valence-corrected chi connectivity index (χ3v) is 2.58. The highest BCUT2D eigenvalue weighted by atomic mass is 35.5. The number of carbonyl (C=O) groups excluding carboxylic acids is 1. The van der Waals surface area contributed by atoms with Gasteiger partial charge in [0, 0.05) is 5.02 Å². The fraction of sp³-hybridized carbons (Fsp3) is 0.467. The Morgan fingerprint density at radius 2 is 2.10 bits per heavy atom. The Hall–Kier alpha value is -1.57. The molecule has 0 aliphatic rings. The second-order valence-electron chi connectivity index (χ2n) is 5.47. The van der Waals surface area contributed by atoms with Crippen molar-refractivity contribution in [3.8, 4) is 6.07 Å². The van der Waals surface area contributed by atoms with Crippen molar-refractivity contribution in [1.29, 1.82) is 5.26 Å². The van der Waals surface area contributed by atoms with E-state index < -0.39 is 5.60 Å². The maximum atomic E-state index is 11.5. The van der Waals surface area contributed by atoms with Crippen molar-refractivity contribution in [2.45, 2.75) is 32.8 Å². The van der Waals surface area contributed by atoms with Crippen LogP contribution in [0.15, 0.2) is 18.2 Å². The lowest BCUT2D eigenvalue weighted by molar-refractivity contribution is -0.153. The van der Waals surface area contributed by atoms with Gasteiger partial charge in [-0.05, 0) is 57.5 Å². The molecule has 108 valence electrons. The lowest BCUT2D eigenvalue weighted by Crippen LogP contribution is -2.32. The standard InChI is InChI=1S/C15H19ClN2O2/c1-15(2,3)20-14(19)10-18-5-4-11-6-12(9-17)8-13(16)7-11/h6-8,18H,4-5,10H2,1-3H3. The number of benzene rings is 1. The monoisotopic (exact) mass is 294 g/mol. The van der Waals surface area contributed by atoms with Gasteiger partial charge in [0.1, 0.15) is 5.60 Å². The van der Waals surface area contributed by atoms with Crippen molar-refractivity contribution in [2.75, 3.05) is 13.1 Å². The van der Waals surface area contributed by atoms with Gasteiger partial charge >= 0.3 is 5.97 Å². The summed E-state index contributed by atoms with van der Waals surface area (Å²) in [4.78, 5) is 11.5. The van der Waals surface area contributed by atoms with Gasteiger partial charge in [0.2, 0.25) is 0 Å². The molecule has 0 amide bonds. The SMILES string of the molecule is CC(C)(C)OC(=O)CNCCc1cc(Cl)cc(C#N)c1. The van der Waals surface area contributed by atoms with E-state index in [0.717, 1.165) is 5.56 Å². The highest BCUT2D eigenvalue weighted by Gasteiger charge is 2.15. The van der Waals surface area contributed by atoms with E-state index >= 15 is 0 Å². The Balaban J connectivity index is 2.37. The Morgan fingerprint density at radius 3 is 2.70 bits per heavy atom. The van der Waals surface area contributed by atoms with E-state index in [-0.39, 0.29) is 12.5 Å². The molecule has 0 saturated carbocycles. The van der Waals surface area contributed by atoms with E-state index in [1.807, 2.05) is 26.8 Å². The summed E-state index contributed by atoms with van der Waals surface area (Å²) in [6.45, 7) is 6.29. The van der Waals surface area contributed by atoms with E-state index in [2.05, 4.69) is 11.4 Å². The summed E-state index contributed by atoms with van der Waals surface area (Å²) in [6.07, 6.45) is 0.692. The van der Waals surface area contributed by atoms with Gasteiger partial charge in [-0.1, -0.05) is 11.6 Å². The molecule has 0 fully saturated rings. The van der Waals surface area contributed by atoms with Crippen molar-refractivity contribution in [1.82, 2.24) is 5.32 Å². The molecule has 0 aliphatic carbocycles. The van der Waals surface area contributed by atoms with Crippen LogP contribution < -0.4 is 5.32 Å². The predicted octanol–water partition coefficient (Wildman–Crippen LogP) is 2.69. The maximum absolute atomic E-state index is 11.5. The van der Waals surface area contributed by atoms with Gasteiger partial charge < -0.3 is 10.1 Å². The molecule has 1 aromatic carbocycles. The predicted molar refractivity (Wildman–Crippen MR) is 78.6 cm³/mol. The van der Waals surface area contributed by atoms with E-state index in [1.165, 1.54) is 0 Å². The van der Waals surface area contributed by atoms with Gasteiger partial charge in [-0.15, -0.1) is 0 Å². The Morgan fingerprint density at radius 1 is 1.40 bits per heavy atom. The van der Waals surface area contributed by atoms with Crippen LogP contribution in [0.4, 0.5) is 0 Å². The van der Waals surface area contributed by atoms with Gasteiger partial charge in [0.15, 0.2) is 0 Å². The average Bonchev–Trinajstić information content (AvgIpc) is 2.32. The van der Waals surface area contributed by atoms with Crippen LogP contribution >= 0.6 is 11.6 Å². The minimum Gasteiger partial charge on any atom is -0.459 e. The second kappa shape index (κ2) is 7.28. The van der Waals surface area contributed by atoms with Gasteiger partial charge in [0.25, 0.3) is 0 Å². The third-order valence-electron chi connectivity index (χ3n) is 2.37. The molecular formula is C15H19ClN2O2. The summed E-state index contributed by atoms with van der Waals surface area (Å²) in [5.41, 5.74) is 1.04. The minimum atomic E-state index is -0.465. The molecule has 1 rings (SSSR count). The number of halogens is 1. The Kier molecular flexibility index (Phi) is 6.00. The zero-order valence-electron chi connectivity index (χ0n) is 12.0. The zero-order valence-corrected chi connectivity index (χ0v) is 12.8. The molecule has 0 saturated heterocycles. The van der Waals surface area contributed by atoms with Crippen LogP contribution in [0.2, 0.25) is 5.02 Å². The molecule has 0 heterocycles. The van der Waals surface area contributed by atoms with Crippen LogP contribution in [0.25, 0.3) is 0 Å². The highest BCUT2D eigenvalue weighted by molar-refractivity contribution is 6.30. The quantitative estimate of drug-likeness (QED) is 0.670. The molecule has 1 N–H and O–H groups in total. The first-order valence-electron chi connectivity index (χ1n) is 6.42. The molecule has 0 spiro atoms. The molecule has 20 heavy (non-hydrogen) atoms. The van der Waals surface area contributed by atoms with Crippen molar-refractivity contribution in [3.05, 3.63) is 34.3 Å². The van der Waals surface area contributed by atoms with Crippen LogP contribution in [0.5, 0.6) is 0 Å². The van der Waals surface area contributed by atoms with Gasteiger partial charge in [-0.2, -0.15) is 5.26 Å². The topological polar surface area (TPSA) is 62.1 Å². The van der Waals surface area contributed by atoms with Crippen LogP contribution in [0.3, 0.4) is 0 Å².